The van der Waals surface area contributed by atoms with E-state index in [0.717, 1.165) is 12.1 Å². The van der Waals surface area contributed by atoms with Crippen LogP contribution >= 0.6 is 24.0 Å². The molecule has 0 aliphatic carbocycles. The van der Waals surface area contributed by atoms with Gasteiger partial charge in [-0.1, -0.05) is 13.0 Å². The third kappa shape index (κ3) is 7.76. The van der Waals surface area contributed by atoms with Crippen molar-refractivity contribution in [2.45, 2.75) is 32.2 Å². The molecule has 0 aliphatic rings. The molecule has 0 radical (unpaired) electrons. The molecule has 1 amide bonds. The Kier molecular flexibility index (Phi) is 9.96. The number of carbonyl (C=O) groups is 1. The second-order valence-electron chi connectivity index (χ2n) is 6.11. The van der Waals surface area contributed by atoms with E-state index in [2.05, 4.69) is 15.6 Å². The number of halogens is 4. The molecule has 11 heteroatoms. The number of aliphatic imine (C=N–C) groups is 1. The first-order valence-electron chi connectivity index (χ1n) is 8.89. The molecule has 1 aromatic carbocycles. The lowest BCUT2D eigenvalue weighted by atomic mass is 10.2. The van der Waals surface area contributed by atoms with Gasteiger partial charge in [-0.3, -0.25) is 9.79 Å². The Morgan fingerprint density at radius 3 is 2.57 bits per heavy atom. The van der Waals surface area contributed by atoms with E-state index in [-0.39, 0.29) is 48.1 Å². The number of alkyl halides is 3. The van der Waals surface area contributed by atoms with Crippen molar-refractivity contribution in [3.05, 3.63) is 53.5 Å². The van der Waals surface area contributed by atoms with E-state index in [1.807, 2.05) is 6.92 Å². The normalized spacial score (nSPS) is 12.6. The molecular weight excluding hydrogens is 516 g/mol. The number of guanidine groups is 1. The summed E-state index contributed by atoms with van der Waals surface area (Å²) in [7, 11) is 1.57. The van der Waals surface area contributed by atoms with Crippen molar-refractivity contribution in [1.29, 1.82) is 0 Å². The Balaban J connectivity index is 0.00000450. The van der Waals surface area contributed by atoms with Gasteiger partial charge in [-0.15, -0.1) is 24.0 Å². The van der Waals surface area contributed by atoms with Crippen LogP contribution in [-0.4, -0.2) is 31.6 Å². The van der Waals surface area contributed by atoms with Gasteiger partial charge in [-0.2, -0.15) is 13.2 Å². The standard InChI is InChI=1S/C19H23F3N4O3.HI/c1-3-13(28-14-6-4-5-12(9-14)19(20,21)22)10-25-18(24-2)26-11-15-7-8-16(29-15)17(23)27;/h4-9,13H,3,10-11H2,1-2H3,(H2,23,27)(H2,24,25,26);1H. The predicted octanol–water partition coefficient (Wildman–Crippen LogP) is 3.54. The molecule has 0 saturated carbocycles. The molecular formula is C19H24F3IN4O3. The Bertz CT molecular complexity index is 856. The molecule has 1 heterocycles. The Labute approximate surface area is 189 Å². The Hall–Kier alpha value is -2.44. The average Bonchev–Trinajstić information content (AvgIpc) is 3.16. The van der Waals surface area contributed by atoms with E-state index in [4.69, 9.17) is 14.9 Å². The van der Waals surface area contributed by atoms with Crippen LogP contribution in [0.3, 0.4) is 0 Å². The van der Waals surface area contributed by atoms with Gasteiger partial charge in [0, 0.05) is 7.05 Å². The number of furan rings is 1. The maximum atomic E-state index is 12.8. The zero-order valence-corrected chi connectivity index (χ0v) is 18.8. The topological polar surface area (TPSA) is 102 Å². The summed E-state index contributed by atoms with van der Waals surface area (Å²) in [6, 6.07) is 7.86. The third-order valence-electron chi connectivity index (χ3n) is 3.97. The minimum Gasteiger partial charge on any atom is -0.489 e. The summed E-state index contributed by atoms with van der Waals surface area (Å²) in [5, 5.41) is 6.04. The summed E-state index contributed by atoms with van der Waals surface area (Å²) >= 11 is 0. The number of nitrogens with two attached hydrogens (primary N) is 1. The van der Waals surface area contributed by atoms with E-state index in [0.29, 0.717) is 24.7 Å². The van der Waals surface area contributed by atoms with Crippen LogP contribution < -0.4 is 21.1 Å². The van der Waals surface area contributed by atoms with Crippen molar-refractivity contribution in [2.24, 2.45) is 10.7 Å². The molecule has 166 valence electrons. The molecule has 30 heavy (non-hydrogen) atoms. The highest BCUT2D eigenvalue weighted by atomic mass is 127. The Morgan fingerprint density at radius 2 is 2.00 bits per heavy atom. The number of rotatable bonds is 8. The zero-order valence-electron chi connectivity index (χ0n) is 16.5. The molecule has 1 unspecified atom stereocenters. The lowest BCUT2D eigenvalue weighted by molar-refractivity contribution is -0.137. The number of hydrogen-bond acceptors (Lipinski definition) is 4. The smallest absolute Gasteiger partial charge is 0.416 e. The summed E-state index contributed by atoms with van der Waals surface area (Å²) in [6.45, 7) is 2.44. The van der Waals surface area contributed by atoms with Gasteiger partial charge in [0.1, 0.15) is 17.6 Å². The van der Waals surface area contributed by atoms with Gasteiger partial charge >= 0.3 is 6.18 Å². The van der Waals surface area contributed by atoms with Gasteiger partial charge in [-0.05, 0) is 36.8 Å². The van der Waals surface area contributed by atoms with Gasteiger partial charge in [-0.25, -0.2) is 0 Å². The van der Waals surface area contributed by atoms with Crippen LogP contribution in [0.25, 0.3) is 0 Å². The summed E-state index contributed by atoms with van der Waals surface area (Å²) in [4.78, 5) is 15.1. The number of hydrogen-bond donors (Lipinski definition) is 3. The molecule has 1 aromatic heterocycles. The largest absolute Gasteiger partial charge is 0.489 e. The number of carbonyl (C=O) groups excluding carboxylic acids is 1. The third-order valence-corrected chi connectivity index (χ3v) is 3.97. The minimum atomic E-state index is -4.43. The zero-order chi connectivity index (χ0) is 21.4. The number of benzene rings is 1. The first-order chi connectivity index (χ1) is 13.7. The summed E-state index contributed by atoms with van der Waals surface area (Å²) in [5.74, 6) is 0.481. The second kappa shape index (κ2) is 11.7. The highest BCUT2D eigenvalue weighted by molar-refractivity contribution is 14.0. The van der Waals surface area contributed by atoms with Gasteiger partial charge in [0.25, 0.3) is 5.91 Å². The molecule has 0 saturated heterocycles. The van der Waals surface area contributed by atoms with Gasteiger partial charge in [0.15, 0.2) is 11.7 Å². The highest BCUT2D eigenvalue weighted by Gasteiger charge is 2.30. The molecule has 7 nitrogen and oxygen atoms in total. The number of nitrogens with zero attached hydrogens (tertiary/aromatic N) is 1. The highest BCUT2D eigenvalue weighted by Crippen LogP contribution is 2.31. The van der Waals surface area contributed by atoms with Gasteiger partial charge in [0.05, 0.1) is 18.7 Å². The van der Waals surface area contributed by atoms with Crippen molar-refractivity contribution in [1.82, 2.24) is 10.6 Å². The van der Waals surface area contributed by atoms with Crippen LogP contribution in [0.5, 0.6) is 5.75 Å². The number of primary amides is 1. The maximum absolute atomic E-state index is 12.8. The number of nitrogens with one attached hydrogen (secondary N) is 2. The fourth-order valence-electron chi connectivity index (χ4n) is 2.41. The van der Waals surface area contributed by atoms with E-state index in [1.165, 1.54) is 18.2 Å². The SMILES string of the molecule is CCC(CNC(=NC)NCc1ccc(C(N)=O)o1)Oc1cccc(C(F)(F)F)c1.I. The molecule has 2 aromatic rings. The Morgan fingerprint density at radius 1 is 1.27 bits per heavy atom. The van der Waals surface area contributed by atoms with Crippen LogP contribution in [0.4, 0.5) is 13.2 Å². The monoisotopic (exact) mass is 540 g/mol. The van der Waals surface area contributed by atoms with Crippen molar-refractivity contribution in [3.8, 4) is 5.75 Å². The van der Waals surface area contributed by atoms with Gasteiger partial charge in [0.2, 0.25) is 0 Å². The number of ether oxygens (including phenoxy) is 1. The fourth-order valence-corrected chi connectivity index (χ4v) is 2.41. The fraction of sp³-hybridized carbons (Fsp3) is 0.368. The molecule has 2 rings (SSSR count). The van der Waals surface area contributed by atoms with Crippen molar-refractivity contribution in [3.63, 3.8) is 0 Å². The predicted molar refractivity (Wildman–Crippen MR) is 117 cm³/mol. The molecule has 1 atom stereocenters. The van der Waals surface area contributed by atoms with E-state index in [1.54, 1.807) is 13.1 Å². The summed E-state index contributed by atoms with van der Waals surface area (Å²) < 4.78 is 49.4. The van der Waals surface area contributed by atoms with Gasteiger partial charge < -0.3 is 25.5 Å². The lowest BCUT2D eigenvalue weighted by Gasteiger charge is -2.20. The minimum absolute atomic E-state index is 0. The van der Waals surface area contributed by atoms with Crippen LogP contribution in [0.1, 0.15) is 35.2 Å². The first-order valence-corrected chi connectivity index (χ1v) is 8.89. The van der Waals surface area contributed by atoms with Crippen LogP contribution in [0, 0.1) is 0 Å². The first kappa shape index (κ1) is 25.6. The van der Waals surface area contributed by atoms with Crippen LogP contribution in [0.2, 0.25) is 0 Å². The van der Waals surface area contributed by atoms with Crippen molar-refractivity contribution >= 4 is 35.8 Å². The molecule has 4 N–H and O–H groups in total. The molecule has 0 fully saturated rings. The second-order valence-corrected chi connectivity index (χ2v) is 6.11. The average molecular weight is 540 g/mol. The van der Waals surface area contributed by atoms with Crippen LogP contribution in [-0.2, 0) is 12.7 Å². The van der Waals surface area contributed by atoms with E-state index in [9.17, 15) is 18.0 Å². The van der Waals surface area contributed by atoms with E-state index >= 15 is 0 Å². The summed E-state index contributed by atoms with van der Waals surface area (Å²) in [6.07, 6.45) is -4.23. The van der Waals surface area contributed by atoms with E-state index < -0.39 is 17.6 Å². The maximum Gasteiger partial charge on any atom is 0.416 e. The summed E-state index contributed by atoms with van der Waals surface area (Å²) in [5.41, 5.74) is 4.38. The molecule has 0 aliphatic heterocycles. The van der Waals surface area contributed by atoms with Crippen molar-refractivity contribution in [2.75, 3.05) is 13.6 Å². The number of amides is 1. The van der Waals surface area contributed by atoms with Crippen molar-refractivity contribution < 1.29 is 27.1 Å². The molecule has 0 bridgehead atoms. The molecule has 0 spiro atoms. The quantitative estimate of drug-likeness (QED) is 0.270. The van der Waals surface area contributed by atoms with Crippen LogP contribution in [0.15, 0.2) is 45.8 Å². The lowest BCUT2D eigenvalue weighted by Crippen LogP contribution is -2.42.